The molecule has 1 fully saturated rings. The highest BCUT2D eigenvalue weighted by Gasteiger charge is 2.26. The predicted octanol–water partition coefficient (Wildman–Crippen LogP) is 6.12. The Morgan fingerprint density at radius 3 is 2.74 bits per heavy atom. The maximum Gasteiger partial charge on any atom is 0.338 e. The standard InChI is InChI=1S/C28H37ClN2O4/c1-4-23-14-10-11-15-31(23)25(32)19-35-30-22-13-9-7-5-6-8-12-16-34-28(33)26-20(2)17-21(3)27(29)24(26)18-22/h6,8-9,13,17,23H,4-5,7,10-12,14-16,18-19H2,1-3H3/b8-6+,13-9?,30-22+. The third-order valence-corrected chi connectivity index (χ3v) is 7.11. The van der Waals surface area contributed by atoms with Crippen LogP contribution in [0.25, 0.3) is 0 Å². The molecule has 0 aliphatic carbocycles. The first-order valence-corrected chi connectivity index (χ1v) is 13.1. The Bertz CT molecular complexity index is 999. The minimum absolute atomic E-state index is 0.0374. The van der Waals surface area contributed by atoms with Gasteiger partial charge >= 0.3 is 5.97 Å². The summed E-state index contributed by atoms with van der Waals surface area (Å²) in [6.45, 7) is 6.90. The summed E-state index contributed by atoms with van der Waals surface area (Å²) in [6.07, 6.45) is 14.9. The number of benzene rings is 1. The molecule has 1 atom stereocenters. The van der Waals surface area contributed by atoms with Gasteiger partial charge in [-0.15, -0.1) is 0 Å². The number of ether oxygens (including phenoxy) is 1. The van der Waals surface area contributed by atoms with Crippen LogP contribution in [-0.2, 0) is 20.8 Å². The molecule has 0 bridgehead atoms. The van der Waals surface area contributed by atoms with Gasteiger partial charge in [-0.2, -0.15) is 0 Å². The topological polar surface area (TPSA) is 68.2 Å². The minimum atomic E-state index is -0.389. The van der Waals surface area contributed by atoms with E-state index in [1.165, 1.54) is 0 Å². The summed E-state index contributed by atoms with van der Waals surface area (Å²) < 4.78 is 5.54. The Morgan fingerprint density at radius 2 is 1.94 bits per heavy atom. The summed E-state index contributed by atoms with van der Waals surface area (Å²) in [4.78, 5) is 33.2. The van der Waals surface area contributed by atoms with E-state index < -0.39 is 0 Å². The number of carbonyl (C=O) groups excluding carboxylic acids is 2. The summed E-state index contributed by atoms with van der Waals surface area (Å²) in [7, 11) is 0. The fourth-order valence-corrected chi connectivity index (χ4v) is 4.96. The van der Waals surface area contributed by atoms with Gasteiger partial charge in [-0.25, -0.2) is 4.79 Å². The van der Waals surface area contributed by atoms with E-state index >= 15 is 0 Å². The molecule has 0 N–H and O–H groups in total. The number of hydrogen-bond acceptors (Lipinski definition) is 5. The maximum absolute atomic E-state index is 13.0. The SMILES string of the molecule is CCC1CCCCN1C(=O)CO/N=C1\C=CCC/C=C/CCOC(=O)c2c(C)cc(C)c(Cl)c2C1. The third kappa shape index (κ3) is 7.44. The quantitative estimate of drug-likeness (QED) is 0.284. The van der Waals surface area contributed by atoms with Crippen LogP contribution in [0.2, 0.25) is 5.02 Å². The number of esters is 1. The molecule has 1 aromatic carbocycles. The number of aryl methyl sites for hydroxylation is 2. The van der Waals surface area contributed by atoms with Gasteiger partial charge in [0.05, 0.1) is 17.9 Å². The largest absolute Gasteiger partial charge is 0.462 e. The maximum atomic E-state index is 13.0. The van der Waals surface area contributed by atoms with Gasteiger partial charge in [0, 0.05) is 24.0 Å². The van der Waals surface area contributed by atoms with E-state index in [1.54, 1.807) is 0 Å². The van der Waals surface area contributed by atoms with Crippen molar-refractivity contribution in [3.63, 3.8) is 0 Å². The number of amides is 1. The van der Waals surface area contributed by atoms with Crippen molar-refractivity contribution in [2.24, 2.45) is 5.16 Å². The lowest BCUT2D eigenvalue weighted by Crippen LogP contribution is -2.44. The van der Waals surface area contributed by atoms with Crippen molar-refractivity contribution in [3.05, 3.63) is 57.6 Å². The molecule has 1 aromatic rings. The van der Waals surface area contributed by atoms with Crippen LogP contribution in [0.5, 0.6) is 0 Å². The number of piperidine rings is 1. The number of fused-ring (bicyclic) bond motifs is 1. The first kappa shape index (κ1) is 27.0. The number of likely N-dealkylation sites (tertiary alicyclic amines) is 1. The number of hydrogen-bond donors (Lipinski definition) is 0. The molecule has 7 heteroatoms. The van der Waals surface area contributed by atoms with Crippen molar-refractivity contribution in [2.45, 2.75) is 78.2 Å². The van der Waals surface area contributed by atoms with Gasteiger partial charge in [-0.05, 0) is 81.6 Å². The number of nitrogens with zero attached hydrogens (tertiary/aromatic N) is 2. The van der Waals surface area contributed by atoms with Crippen molar-refractivity contribution >= 4 is 29.2 Å². The van der Waals surface area contributed by atoms with Gasteiger partial charge < -0.3 is 14.5 Å². The van der Waals surface area contributed by atoms with E-state index in [2.05, 4.69) is 18.2 Å². The van der Waals surface area contributed by atoms with Gasteiger partial charge in [0.25, 0.3) is 5.91 Å². The first-order chi connectivity index (χ1) is 16.9. The van der Waals surface area contributed by atoms with Crippen molar-refractivity contribution in [1.82, 2.24) is 4.90 Å². The van der Waals surface area contributed by atoms with Crippen LogP contribution in [0.15, 0.2) is 35.5 Å². The molecule has 3 rings (SSSR count). The highest BCUT2D eigenvalue weighted by atomic mass is 35.5. The van der Waals surface area contributed by atoms with Crippen molar-refractivity contribution < 1.29 is 19.2 Å². The lowest BCUT2D eigenvalue weighted by Gasteiger charge is -2.34. The highest BCUT2D eigenvalue weighted by Crippen LogP contribution is 2.29. The van der Waals surface area contributed by atoms with Crippen LogP contribution >= 0.6 is 11.6 Å². The number of halogens is 1. The zero-order valence-electron chi connectivity index (χ0n) is 21.1. The van der Waals surface area contributed by atoms with Crippen LogP contribution < -0.4 is 0 Å². The van der Waals surface area contributed by atoms with Crippen molar-refractivity contribution in [2.75, 3.05) is 19.8 Å². The Labute approximate surface area is 214 Å². The summed E-state index contributed by atoms with van der Waals surface area (Å²) in [6, 6.07) is 2.17. The van der Waals surface area contributed by atoms with E-state index in [4.69, 9.17) is 21.2 Å². The monoisotopic (exact) mass is 500 g/mol. The van der Waals surface area contributed by atoms with E-state index in [0.29, 0.717) is 41.3 Å². The summed E-state index contributed by atoms with van der Waals surface area (Å²) in [5, 5.41) is 4.84. The van der Waals surface area contributed by atoms with E-state index in [1.807, 2.05) is 43.0 Å². The molecule has 0 radical (unpaired) electrons. The van der Waals surface area contributed by atoms with Crippen LogP contribution in [0, 0.1) is 13.8 Å². The highest BCUT2D eigenvalue weighted by molar-refractivity contribution is 6.33. The fourth-order valence-electron chi connectivity index (χ4n) is 4.75. The Balaban J connectivity index is 1.85. The normalized spacial score (nSPS) is 21.7. The third-order valence-electron chi connectivity index (χ3n) is 6.59. The van der Waals surface area contributed by atoms with Crippen LogP contribution in [-0.4, -0.2) is 48.3 Å². The second-order valence-electron chi connectivity index (χ2n) is 9.23. The predicted molar refractivity (Wildman–Crippen MR) is 140 cm³/mol. The number of allylic oxidation sites excluding steroid dienone is 3. The van der Waals surface area contributed by atoms with E-state index in [0.717, 1.165) is 56.2 Å². The van der Waals surface area contributed by atoms with Crippen molar-refractivity contribution in [3.8, 4) is 0 Å². The summed E-state index contributed by atoms with van der Waals surface area (Å²) in [5.74, 6) is -0.426. The molecule has 2 aliphatic heterocycles. The van der Waals surface area contributed by atoms with E-state index in [-0.39, 0.29) is 24.5 Å². The van der Waals surface area contributed by atoms with Crippen molar-refractivity contribution in [1.29, 1.82) is 0 Å². The molecule has 0 saturated carbocycles. The van der Waals surface area contributed by atoms with Crippen LogP contribution in [0.3, 0.4) is 0 Å². The first-order valence-electron chi connectivity index (χ1n) is 12.7. The molecule has 0 spiro atoms. The molecule has 2 aliphatic rings. The summed E-state index contributed by atoms with van der Waals surface area (Å²) >= 11 is 6.68. The Morgan fingerprint density at radius 1 is 1.17 bits per heavy atom. The van der Waals surface area contributed by atoms with Gasteiger partial charge in [0.15, 0.2) is 6.61 Å². The molecule has 1 unspecified atom stereocenters. The van der Waals surface area contributed by atoms with E-state index in [9.17, 15) is 9.59 Å². The molecular weight excluding hydrogens is 464 g/mol. The van der Waals surface area contributed by atoms with Gasteiger partial charge in [0.2, 0.25) is 0 Å². The van der Waals surface area contributed by atoms with Gasteiger partial charge in [-0.3, -0.25) is 4.79 Å². The minimum Gasteiger partial charge on any atom is -0.462 e. The molecular formula is C28H37ClN2O4. The average molecular weight is 501 g/mol. The second kappa shape index (κ2) is 13.5. The Kier molecular flexibility index (Phi) is 10.4. The zero-order valence-corrected chi connectivity index (χ0v) is 21.9. The lowest BCUT2D eigenvalue weighted by atomic mass is 9.94. The van der Waals surface area contributed by atoms with Gasteiger partial charge in [0.1, 0.15) is 0 Å². The van der Waals surface area contributed by atoms with Crippen LogP contribution in [0.1, 0.15) is 78.9 Å². The molecule has 0 aromatic heterocycles. The van der Waals surface area contributed by atoms with Gasteiger partial charge in [-0.1, -0.05) is 48.0 Å². The molecule has 1 amide bonds. The number of rotatable bonds is 4. The number of oxime groups is 1. The number of cyclic esters (lactones) is 1. The lowest BCUT2D eigenvalue weighted by molar-refractivity contribution is -0.139. The second-order valence-corrected chi connectivity index (χ2v) is 9.61. The molecule has 2 heterocycles. The number of carbonyl (C=O) groups is 2. The average Bonchev–Trinajstić information content (AvgIpc) is 2.85. The zero-order chi connectivity index (χ0) is 25.2. The Hall–Kier alpha value is -2.60. The summed E-state index contributed by atoms with van der Waals surface area (Å²) in [5.41, 5.74) is 3.44. The van der Waals surface area contributed by atoms with Crippen LogP contribution in [0.4, 0.5) is 0 Å². The molecule has 35 heavy (non-hydrogen) atoms. The smallest absolute Gasteiger partial charge is 0.338 e. The molecule has 6 nitrogen and oxygen atoms in total. The molecule has 190 valence electrons. The molecule has 1 saturated heterocycles. The fraction of sp³-hybridized carbons (Fsp3) is 0.536.